The molecule has 122 valence electrons. The lowest BCUT2D eigenvalue weighted by molar-refractivity contribution is 0.167. The molecule has 1 amide bonds. The van der Waals surface area contributed by atoms with Crippen LogP contribution in [0, 0.1) is 0 Å². The molecule has 4 aromatic rings. The van der Waals surface area contributed by atoms with Crippen LogP contribution in [0.1, 0.15) is 5.56 Å². The molecule has 3 aromatic carbocycles. The van der Waals surface area contributed by atoms with Gasteiger partial charge in [0.1, 0.15) is 11.2 Å². The summed E-state index contributed by atoms with van der Waals surface area (Å²) < 4.78 is 5.76. The van der Waals surface area contributed by atoms with Crippen molar-refractivity contribution < 1.29 is 14.0 Å². The fourth-order valence-corrected chi connectivity index (χ4v) is 2.62. The van der Waals surface area contributed by atoms with E-state index in [1.807, 2.05) is 66.7 Å². The summed E-state index contributed by atoms with van der Waals surface area (Å²) in [6, 6.07) is 22.6. The summed E-state index contributed by atoms with van der Waals surface area (Å²) in [6.07, 6.45) is 0.825. The predicted octanol–water partition coefficient (Wildman–Crippen LogP) is 5.17. The highest BCUT2D eigenvalue weighted by atomic mass is 16.7. The molecule has 1 aromatic heterocycles. The minimum atomic E-state index is -0.653. The first-order valence-corrected chi connectivity index (χ1v) is 7.77. The number of anilines is 1. The molecule has 0 saturated carbocycles. The van der Waals surface area contributed by atoms with Gasteiger partial charge in [-0.1, -0.05) is 53.7 Å². The summed E-state index contributed by atoms with van der Waals surface area (Å²) in [7, 11) is 0. The fraction of sp³-hybridized carbons (Fsp3) is 0. The Hall–Kier alpha value is -3.60. The van der Waals surface area contributed by atoms with E-state index in [0.717, 1.165) is 27.5 Å². The number of nitrogens with one attached hydrogen (secondary N) is 1. The second-order valence-electron chi connectivity index (χ2n) is 5.46. The summed E-state index contributed by atoms with van der Waals surface area (Å²) in [4.78, 5) is 16.7. The lowest BCUT2D eigenvalue weighted by atomic mass is 10.1. The molecule has 1 heterocycles. The molecule has 0 spiro atoms. The summed E-state index contributed by atoms with van der Waals surface area (Å²) in [5.74, 6) is 0. The van der Waals surface area contributed by atoms with Crippen LogP contribution in [-0.2, 0) is 4.84 Å². The zero-order valence-electron chi connectivity index (χ0n) is 13.2. The number of benzene rings is 3. The van der Waals surface area contributed by atoms with Gasteiger partial charge in [0, 0.05) is 16.5 Å². The standard InChI is InChI=1S/C20H14N2O3/c23-20(25-21-13-14-6-2-1-3-7-14)22-15-10-11-19-17(12-15)16-8-4-5-9-18(16)24-19/h1-13H,(H,22,23)/b21-13+. The Bertz CT molecular complexity index is 1070. The van der Waals surface area contributed by atoms with Crippen LogP contribution in [-0.4, -0.2) is 12.3 Å². The predicted molar refractivity (Wildman–Crippen MR) is 97.9 cm³/mol. The monoisotopic (exact) mass is 330 g/mol. The number of rotatable bonds is 3. The maximum Gasteiger partial charge on any atom is 0.437 e. The molecule has 0 unspecified atom stereocenters. The number of para-hydroxylation sites is 1. The summed E-state index contributed by atoms with van der Waals surface area (Å²) >= 11 is 0. The molecular formula is C20H14N2O3. The second kappa shape index (κ2) is 6.49. The van der Waals surface area contributed by atoms with Crippen molar-refractivity contribution in [2.45, 2.75) is 0 Å². The Kier molecular flexibility index (Phi) is 3.88. The minimum absolute atomic E-state index is 0.610. The Morgan fingerprint density at radius 3 is 2.56 bits per heavy atom. The molecule has 0 bridgehead atoms. The number of amides is 1. The number of nitrogens with zero attached hydrogens (tertiary/aromatic N) is 1. The van der Waals surface area contributed by atoms with E-state index in [4.69, 9.17) is 9.25 Å². The second-order valence-corrected chi connectivity index (χ2v) is 5.46. The number of fused-ring (bicyclic) bond motifs is 3. The average Bonchev–Trinajstić information content (AvgIpc) is 3.01. The SMILES string of the molecule is O=C(Nc1ccc2oc3ccccc3c2c1)O/N=C/c1ccccc1. The van der Waals surface area contributed by atoms with Crippen molar-refractivity contribution in [1.82, 2.24) is 0 Å². The van der Waals surface area contributed by atoms with Crippen molar-refractivity contribution >= 4 is 39.9 Å². The highest BCUT2D eigenvalue weighted by molar-refractivity contribution is 6.06. The Morgan fingerprint density at radius 2 is 1.68 bits per heavy atom. The Labute approximate surface area is 143 Å². The van der Waals surface area contributed by atoms with E-state index >= 15 is 0 Å². The van der Waals surface area contributed by atoms with Gasteiger partial charge in [0.15, 0.2) is 0 Å². The quantitative estimate of drug-likeness (QED) is 0.320. The van der Waals surface area contributed by atoms with Crippen molar-refractivity contribution in [2.75, 3.05) is 5.32 Å². The van der Waals surface area contributed by atoms with Crippen molar-refractivity contribution in [3.63, 3.8) is 0 Å². The van der Waals surface area contributed by atoms with Crippen LogP contribution in [0.5, 0.6) is 0 Å². The van der Waals surface area contributed by atoms with Gasteiger partial charge >= 0.3 is 6.09 Å². The molecule has 0 saturated heterocycles. The molecule has 5 nitrogen and oxygen atoms in total. The van der Waals surface area contributed by atoms with Gasteiger partial charge in [0.2, 0.25) is 0 Å². The first-order valence-electron chi connectivity index (χ1n) is 7.77. The van der Waals surface area contributed by atoms with Gasteiger partial charge in [0.05, 0.1) is 6.21 Å². The van der Waals surface area contributed by atoms with Gasteiger partial charge in [-0.3, -0.25) is 10.2 Å². The van der Waals surface area contributed by atoms with Crippen LogP contribution in [0.25, 0.3) is 21.9 Å². The molecule has 0 aliphatic carbocycles. The van der Waals surface area contributed by atoms with Gasteiger partial charge < -0.3 is 4.42 Å². The zero-order chi connectivity index (χ0) is 17.1. The number of hydrogen-bond donors (Lipinski definition) is 1. The molecule has 0 radical (unpaired) electrons. The van der Waals surface area contributed by atoms with Crippen LogP contribution >= 0.6 is 0 Å². The third-order valence-corrected chi connectivity index (χ3v) is 3.76. The van der Waals surface area contributed by atoms with Crippen LogP contribution in [0.15, 0.2) is 82.4 Å². The van der Waals surface area contributed by atoms with E-state index in [1.54, 1.807) is 6.07 Å². The lowest BCUT2D eigenvalue weighted by Crippen LogP contribution is -2.10. The van der Waals surface area contributed by atoms with E-state index in [-0.39, 0.29) is 0 Å². The minimum Gasteiger partial charge on any atom is -0.456 e. The van der Waals surface area contributed by atoms with Gasteiger partial charge in [-0.25, -0.2) is 4.79 Å². The Morgan fingerprint density at radius 1 is 0.920 bits per heavy atom. The fourth-order valence-electron chi connectivity index (χ4n) is 2.62. The van der Waals surface area contributed by atoms with Crippen molar-refractivity contribution in [1.29, 1.82) is 0 Å². The summed E-state index contributed by atoms with van der Waals surface area (Å²) in [5.41, 5.74) is 3.03. The molecule has 0 aliphatic heterocycles. The average molecular weight is 330 g/mol. The maximum absolute atomic E-state index is 11.9. The highest BCUT2D eigenvalue weighted by Gasteiger charge is 2.09. The molecule has 25 heavy (non-hydrogen) atoms. The van der Waals surface area contributed by atoms with Crippen molar-refractivity contribution in [2.24, 2.45) is 5.16 Å². The van der Waals surface area contributed by atoms with Crippen LogP contribution in [0.4, 0.5) is 10.5 Å². The normalized spacial score (nSPS) is 11.2. The van der Waals surface area contributed by atoms with Crippen molar-refractivity contribution in [3.8, 4) is 0 Å². The number of carbonyl (C=O) groups is 1. The number of carbonyl (C=O) groups excluding carboxylic acids is 1. The third-order valence-electron chi connectivity index (χ3n) is 3.76. The van der Waals surface area contributed by atoms with Crippen LogP contribution < -0.4 is 5.32 Å². The lowest BCUT2D eigenvalue weighted by Gasteiger charge is -2.02. The molecule has 4 rings (SSSR count). The third kappa shape index (κ3) is 3.21. The molecule has 0 aliphatic rings. The van der Waals surface area contributed by atoms with Gasteiger partial charge in [-0.05, 0) is 29.8 Å². The highest BCUT2D eigenvalue weighted by Crippen LogP contribution is 2.30. The topological polar surface area (TPSA) is 63.8 Å². The molecule has 0 atom stereocenters. The van der Waals surface area contributed by atoms with Crippen molar-refractivity contribution in [3.05, 3.63) is 78.4 Å². The molecule has 0 fully saturated rings. The smallest absolute Gasteiger partial charge is 0.437 e. The summed E-state index contributed by atoms with van der Waals surface area (Å²) in [5, 5.41) is 8.27. The van der Waals surface area contributed by atoms with Crippen LogP contribution in [0.2, 0.25) is 0 Å². The summed E-state index contributed by atoms with van der Waals surface area (Å²) in [6.45, 7) is 0. The Balaban J connectivity index is 1.49. The van der Waals surface area contributed by atoms with Gasteiger partial charge in [-0.2, -0.15) is 0 Å². The van der Waals surface area contributed by atoms with Gasteiger partial charge in [0.25, 0.3) is 0 Å². The van der Waals surface area contributed by atoms with E-state index in [0.29, 0.717) is 5.69 Å². The van der Waals surface area contributed by atoms with E-state index in [2.05, 4.69) is 10.5 Å². The van der Waals surface area contributed by atoms with E-state index < -0.39 is 6.09 Å². The zero-order valence-corrected chi connectivity index (χ0v) is 13.2. The molecule has 5 heteroatoms. The first-order chi connectivity index (χ1) is 12.3. The van der Waals surface area contributed by atoms with Crippen LogP contribution in [0.3, 0.4) is 0 Å². The van der Waals surface area contributed by atoms with E-state index in [9.17, 15) is 4.79 Å². The van der Waals surface area contributed by atoms with E-state index in [1.165, 1.54) is 6.21 Å². The largest absolute Gasteiger partial charge is 0.456 e. The number of furan rings is 1. The maximum atomic E-state index is 11.9. The number of hydrogen-bond acceptors (Lipinski definition) is 4. The number of oxime groups is 1. The van der Waals surface area contributed by atoms with Gasteiger partial charge in [-0.15, -0.1) is 0 Å². The first kappa shape index (κ1) is 15.0. The molecule has 1 N–H and O–H groups in total. The molecular weight excluding hydrogens is 316 g/mol.